The number of anilines is 1. The summed E-state index contributed by atoms with van der Waals surface area (Å²) in [5, 5.41) is 2.89. The first kappa shape index (κ1) is 20.6. The van der Waals surface area contributed by atoms with E-state index in [1.807, 2.05) is 54.9 Å². The van der Waals surface area contributed by atoms with Crippen LogP contribution in [0.4, 0.5) is 10.5 Å². The van der Waals surface area contributed by atoms with E-state index in [4.69, 9.17) is 11.6 Å². The predicted octanol–water partition coefficient (Wildman–Crippen LogP) is 4.67. The molecule has 1 fully saturated rings. The molecule has 2 heterocycles. The van der Waals surface area contributed by atoms with Gasteiger partial charge >= 0.3 is 6.03 Å². The highest BCUT2D eigenvalue weighted by molar-refractivity contribution is 6.39. The molecule has 0 radical (unpaired) electrons. The van der Waals surface area contributed by atoms with Crippen LogP contribution in [0.2, 0.25) is 5.02 Å². The third-order valence-corrected chi connectivity index (χ3v) is 5.63. The molecule has 0 spiro atoms. The minimum absolute atomic E-state index is 0.122. The van der Waals surface area contributed by atoms with Crippen molar-refractivity contribution in [2.75, 3.05) is 4.90 Å². The van der Waals surface area contributed by atoms with Gasteiger partial charge in [-0.2, -0.15) is 0 Å². The number of amides is 4. The summed E-state index contributed by atoms with van der Waals surface area (Å²) < 4.78 is 1.82. The summed E-state index contributed by atoms with van der Waals surface area (Å²) in [7, 11) is 0. The van der Waals surface area contributed by atoms with Crippen molar-refractivity contribution in [3.63, 3.8) is 0 Å². The summed E-state index contributed by atoms with van der Waals surface area (Å²) in [5.41, 5.74) is 3.52. The summed E-state index contributed by atoms with van der Waals surface area (Å²) in [6.45, 7) is 3.85. The quantitative estimate of drug-likeness (QED) is 0.480. The highest BCUT2D eigenvalue weighted by atomic mass is 35.5. The summed E-state index contributed by atoms with van der Waals surface area (Å²) in [4.78, 5) is 39.3. The van der Waals surface area contributed by atoms with E-state index in [0.29, 0.717) is 22.8 Å². The highest BCUT2D eigenvalue weighted by Crippen LogP contribution is 2.27. The molecule has 1 N–H and O–H groups in total. The number of carbonyl (C=O) groups excluding carboxylic acids is 3. The number of benzene rings is 2. The summed E-state index contributed by atoms with van der Waals surface area (Å²) in [6.07, 6.45) is 3.94. The fourth-order valence-electron chi connectivity index (χ4n) is 3.53. The molecule has 4 amide bonds. The lowest BCUT2D eigenvalue weighted by molar-refractivity contribution is -0.122. The molecule has 0 aliphatic carbocycles. The second kappa shape index (κ2) is 8.24. The lowest BCUT2D eigenvalue weighted by Gasteiger charge is -2.28. The first-order valence-electron chi connectivity index (χ1n) is 9.84. The van der Waals surface area contributed by atoms with Gasteiger partial charge in [0.25, 0.3) is 11.8 Å². The van der Waals surface area contributed by atoms with Gasteiger partial charge in [0.05, 0.1) is 5.69 Å². The molecule has 7 heteroatoms. The van der Waals surface area contributed by atoms with Crippen LogP contribution in [-0.2, 0) is 16.0 Å². The van der Waals surface area contributed by atoms with Crippen molar-refractivity contribution in [1.29, 1.82) is 0 Å². The molecule has 4 rings (SSSR count). The number of imide groups is 2. The van der Waals surface area contributed by atoms with Crippen molar-refractivity contribution >= 4 is 41.2 Å². The van der Waals surface area contributed by atoms with Gasteiger partial charge in [0.2, 0.25) is 0 Å². The van der Waals surface area contributed by atoms with Gasteiger partial charge in [-0.25, -0.2) is 9.69 Å². The molecule has 6 nitrogen and oxygen atoms in total. The number of aromatic nitrogens is 1. The first-order valence-corrected chi connectivity index (χ1v) is 10.2. The fraction of sp³-hybridized carbons (Fsp3) is 0.125. The van der Waals surface area contributed by atoms with Crippen molar-refractivity contribution in [3.8, 4) is 5.69 Å². The number of carbonyl (C=O) groups is 3. The van der Waals surface area contributed by atoms with Crippen molar-refractivity contribution < 1.29 is 14.4 Å². The molecule has 0 unspecified atom stereocenters. The van der Waals surface area contributed by atoms with E-state index >= 15 is 0 Å². The predicted molar refractivity (Wildman–Crippen MR) is 120 cm³/mol. The molecular weight excluding hydrogens is 414 g/mol. The van der Waals surface area contributed by atoms with E-state index in [-0.39, 0.29) is 5.57 Å². The molecule has 2 aromatic carbocycles. The van der Waals surface area contributed by atoms with Gasteiger partial charge in [-0.15, -0.1) is 0 Å². The molecule has 0 bridgehead atoms. The van der Waals surface area contributed by atoms with E-state index in [1.165, 1.54) is 6.08 Å². The number of aryl methyl sites for hydroxylation is 2. The number of rotatable bonds is 4. The first-order chi connectivity index (χ1) is 14.9. The molecule has 1 saturated heterocycles. The molecular formula is C24H20ClN3O3. The minimum atomic E-state index is -0.756. The van der Waals surface area contributed by atoms with Crippen LogP contribution < -0.4 is 10.2 Å². The molecule has 0 saturated carbocycles. The Kier molecular flexibility index (Phi) is 5.48. The summed E-state index contributed by atoms with van der Waals surface area (Å²) in [5.74, 6) is -1.39. The molecule has 1 aromatic heterocycles. The van der Waals surface area contributed by atoms with E-state index in [1.54, 1.807) is 24.3 Å². The number of barbiturate groups is 1. The average Bonchev–Trinajstić information content (AvgIpc) is 3.21. The maximum atomic E-state index is 13.2. The van der Waals surface area contributed by atoms with Gasteiger partial charge in [0.1, 0.15) is 5.57 Å². The van der Waals surface area contributed by atoms with Crippen LogP contribution in [0.3, 0.4) is 0 Å². The zero-order chi connectivity index (χ0) is 22.1. The number of hydrogen-bond donors (Lipinski definition) is 1. The van der Waals surface area contributed by atoms with Crippen molar-refractivity contribution in [2.24, 2.45) is 0 Å². The Bertz CT molecular complexity index is 1240. The van der Waals surface area contributed by atoms with Crippen LogP contribution in [0, 0.1) is 6.92 Å². The van der Waals surface area contributed by atoms with E-state index in [0.717, 1.165) is 21.7 Å². The summed E-state index contributed by atoms with van der Waals surface area (Å²) >= 11 is 6.26. The maximum Gasteiger partial charge on any atom is 0.335 e. The second-order valence-corrected chi connectivity index (χ2v) is 7.58. The van der Waals surface area contributed by atoms with Crippen LogP contribution in [0.15, 0.2) is 66.4 Å². The second-order valence-electron chi connectivity index (χ2n) is 7.18. The number of hydrogen-bond acceptors (Lipinski definition) is 3. The molecule has 1 aliphatic heterocycles. The third-order valence-electron chi connectivity index (χ3n) is 5.22. The number of nitrogens with zero attached hydrogens (tertiary/aromatic N) is 2. The number of urea groups is 1. The Labute approximate surface area is 184 Å². The Hall–Kier alpha value is -3.64. The molecule has 156 valence electrons. The number of para-hydroxylation sites is 1. The minimum Gasteiger partial charge on any atom is -0.317 e. The van der Waals surface area contributed by atoms with Crippen LogP contribution in [0.25, 0.3) is 11.8 Å². The fourth-order valence-corrected chi connectivity index (χ4v) is 3.71. The van der Waals surface area contributed by atoms with Gasteiger partial charge < -0.3 is 4.57 Å². The van der Waals surface area contributed by atoms with Crippen LogP contribution in [0.1, 0.15) is 23.7 Å². The van der Waals surface area contributed by atoms with Crippen LogP contribution in [0.5, 0.6) is 0 Å². The lowest BCUT2D eigenvalue weighted by atomic mass is 10.1. The van der Waals surface area contributed by atoms with Gasteiger partial charge in [0, 0.05) is 22.6 Å². The van der Waals surface area contributed by atoms with E-state index in [2.05, 4.69) is 5.32 Å². The standard InChI is InChI=1S/C24H20ClN3O3/c1-3-16-7-4-5-9-21(16)28-23(30)19(22(29)26-24(28)31)13-17-8-6-12-27(17)18-11-10-15(2)20(25)14-18/h4-14H,3H2,1-2H3,(H,26,29,31)/b19-13+. The zero-order valence-electron chi connectivity index (χ0n) is 17.1. The third kappa shape index (κ3) is 3.78. The van der Waals surface area contributed by atoms with Crippen LogP contribution in [-0.4, -0.2) is 22.4 Å². The smallest absolute Gasteiger partial charge is 0.317 e. The molecule has 0 atom stereocenters. The van der Waals surface area contributed by atoms with Gasteiger partial charge in [0.15, 0.2) is 0 Å². The summed E-state index contributed by atoms with van der Waals surface area (Å²) in [6, 6.07) is 15.6. The van der Waals surface area contributed by atoms with Gasteiger partial charge in [-0.3, -0.25) is 14.9 Å². The Morgan fingerprint density at radius 2 is 1.81 bits per heavy atom. The SMILES string of the molecule is CCc1ccccc1N1C(=O)NC(=O)/C(=C\c2cccn2-c2ccc(C)c(Cl)c2)C1=O. The maximum absolute atomic E-state index is 13.2. The normalized spacial score (nSPS) is 15.5. The molecule has 31 heavy (non-hydrogen) atoms. The Morgan fingerprint density at radius 1 is 1.03 bits per heavy atom. The van der Waals surface area contributed by atoms with Crippen LogP contribution >= 0.6 is 11.6 Å². The molecule has 3 aromatic rings. The number of halogens is 1. The van der Waals surface area contributed by atoms with E-state index in [9.17, 15) is 14.4 Å². The molecule has 1 aliphatic rings. The Morgan fingerprint density at radius 3 is 2.55 bits per heavy atom. The van der Waals surface area contributed by atoms with Crippen molar-refractivity contribution in [2.45, 2.75) is 20.3 Å². The van der Waals surface area contributed by atoms with Crippen molar-refractivity contribution in [3.05, 3.63) is 88.2 Å². The average molecular weight is 434 g/mol. The lowest BCUT2D eigenvalue weighted by Crippen LogP contribution is -2.54. The number of nitrogens with one attached hydrogen (secondary N) is 1. The zero-order valence-corrected chi connectivity index (χ0v) is 17.8. The largest absolute Gasteiger partial charge is 0.335 e. The van der Waals surface area contributed by atoms with Gasteiger partial charge in [-0.05, 0) is 60.9 Å². The topological polar surface area (TPSA) is 71.4 Å². The van der Waals surface area contributed by atoms with Crippen molar-refractivity contribution in [1.82, 2.24) is 9.88 Å². The highest BCUT2D eigenvalue weighted by Gasteiger charge is 2.37. The monoisotopic (exact) mass is 433 g/mol. The van der Waals surface area contributed by atoms with Gasteiger partial charge in [-0.1, -0.05) is 42.8 Å². The van der Waals surface area contributed by atoms with E-state index < -0.39 is 17.8 Å². The Balaban J connectivity index is 1.77.